The maximum Gasteiger partial charge on any atom is 0.160 e. The average molecular weight is 348 g/mol. The molecule has 0 aliphatic rings. The number of halogens is 1. The van der Waals surface area contributed by atoms with Crippen LogP contribution < -0.4 is 0 Å². The number of benzene rings is 1. The van der Waals surface area contributed by atoms with E-state index in [1.807, 2.05) is 6.07 Å². The van der Waals surface area contributed by atoms with Crippen molar-refractivity contribution in [3.63, 3.8) is 0 Å². The van der Waals surface area contributed by atoms with Gasteiger partial charge >= 0.3 is 0 Å². The van der Waals surface area contributed by atoms with E-state index in [-0.39, 0.29) is 11.5 Å². The summed E-state index contributed by atoms with van der Waals surface area (Å²) in [5.74, 6) is 0.0435. The Balaban J connectivity index is 2.16. The van der Waals surface area contributed by atoms with Gasteiger partial charge in [-0.15, -0.1) is 0 Å². The number of aromatic hydroxyl groups is 2. The number of alkyl halides is 1. The van der Waals surface area contributed by atoms with Crippen LogP contribution in [0.1, 0.15) is 44.1 Å². The highest BCUT2D eigenvalue weighted by Gasteiger charge is 2.04. The van der Waals surface area contributed by atoms with Gasteiger partial charge in [-0.1, -0.05) is 60.4 Å². The summed E-state index contributed by atoms with van der Waals surface area (Å²) in [5, 5.41) is 19.0. The van der Waals surface area contributed by atoms with E-state index >= 15 is 0 Å². The van der Waals surface area contributed by atoms with Crippen molar-refractivity contribution in [3.05, 3.63) is 23.8 Å². The van der Waals surface area contributed by atoms with Gasteiger partial charge in [0.1, 0.15) is 0 Å². The van der Waals surface area contributed by atoms with Crippen molar-refractivity contribution in [1.82, 2.24) is 0 Å². The maximum absolute atomic E-state index is 9.62. The number of phenols is 2. The standard InChI is InChI=1S/C14H21IO2/c15-11-6-4-2-1-3-5-8-12-9-7-10-13(16)14(12)17/h7,9-10,16-17H,1-6,8,11H2. The number of aryl methyl sites for hydroxylation is 1. The molecule has 17 heavy (non-hydrogen) atoms. The SMILES string of the molecule is Oc1cccc(CCCCCCCCI)c1O. The zero-order chi connectivity index (χ0) is 12.5. The molecule has 0 saturated heterocycles. The predicted molar refractivity (Wildman–Crippen MR) is 80.1 cm³/mol. The van der Waals surface area contributed by atoms with E-state index in [2.05, 4.69) is 22.6 Å². The lowest BCUT2D eigenvalue weighted by molar-refractivity contribution is 0.398. The Hall–Kier alpha value is -0.450. The summed E-state index contributed by atoms with van der Waals surface area (Å²) in [4.78, 5) is 0. The van der Waals surface area contributed by atoms with E-state index < -0.39 is 0 Å². The molecular formula is C14H21IO2. The minimum Gasteiger partial charge on any atom is -0.504 e. The highest BCUT2D eigenvalue weighted by molar-refractivity contribution is 14.1. The molecule has 0 atom stereocenters. The summed E-state index contributed by atoms with van der Waals surface area (Å²) in [6.45, 7) is 0. The van der Waals surface area contributed by atoms with Crippen LogP contribution in [-0.4, -0.2) is 14.6 Å². The summed E-state index contributed by atoms with van der Waals surface area (Å²) in [5.41, 5.74) is 0.859. The molecule has 1 aromatic carbocycles. The number of hydrogen-bond acceptors (Lipinski definition) is 2. The van der Waals surface area contributed by atoms with E-state index in [0.29, 0.717) is 0 Å². The van der Waals surface area contributed by atoms with Crippen LogP contribution in [0.2, 0.25) is 0 Å². The molecule has 0 aromatic heterocycles. The summed E-state index contributed by atoms with van der Waals surface area (Å²) in [7, 11) is 0. The van der Waals surface area contributed by atoms with E-state index in [1.165, 1.54) is 42.6 Å². The smallest absolute Gasteiger partial charge is 0.160 e. The molecule has 0 aliphatic carbocycles. The Morgan fingerprint density at radius 1 is 0.882 bits per heavy atom. The van der Waals surface area contributed by atoms with Gasteiger partial charge in [0.05, 0.1) is 0 Å². The molecule has 0 saturated carbocycles. The zero-order valence-corrected chi connectivity index (χ0v) is 12.3. The second-order valence-corrected chi connectivity index (χ2v) is 5.42. The first-order valence-corrected chi connectivity index (χ1v) is 7.84. The van der Waals surface area contributed by atoms with Crippen LogP contribution in [0.15, 0.2) is 18.2 Å². The van der Waals surface area contributed by atoms with Gasteiger partial charge in [-0.3, -0.25) is 0 Å². The minimum absolute atomic E-state index is 0.00968. The fraction of sp³-hybridized carbons (Fsp3) is 0.571. The van der Waals surface area contributed by atoms with Crippen molar-refractivity contribution >= 4 is 22.6 Å². The molecule has 0 unspecified atom stereocenters. The van der Waals surface area contributed by atoms with Gasteiger partial charge in [0, 0.05) is 0 Å². The second-order valence-electron chi connectivity index (χ2n) is 4.35. The van der Waals surface area contributed by atoms with Crippen molar-refractivity contribution < 1.29 is 10.2 Å². The Kier molecular flexibility index (Phi) is 7.40. The van der Waals surface area contributed by atoms with Crippen LogP contribution in [0.5, 0.6) is 11.5 Å². The summed E-state index contributed by atoms with van der Waals surface area (Å²) >= 11 is 2.42. The number of phenolic OH excluding ortho intramolecular Hbond substituents is 2. The third kappa shape index (κ3) is 5.61. The first-order chi connectivity index (χ1) is 8.25. The monoisotopic (exact) mass is 348 g/mol. The zero-order valence-electron chi connectivity index (χ0n) is 10.2. The van der Waals surface area contributed by atoms with Crippen LogP contribution >= 0.6 is 22.6 Å². The molecule has 0 aliphatic heterocycles. The molecular weight excluding hydrogens is 327 g/mol. The van der Waals surface area contributed by atoms with Gasteiger partial charge < -0.3 is 10.2 Å². The van der Waals surface area contributed by atoms with Crippen molar-refractivity contribution in [2.45, 2.75) is 44.9 Å². The van der Waals surface area contributed by atoms with Crippen molar-refractivity contribution in [1.29, 1.82) is 0 Å². The molecule has 96 valence electrons. The lowest BCUT2D eigenvalue weighted by Gasteiger charge is -2.05. The summed E-state index contributed by atoms with van der Waals surface area (Å²) < 4.78 is 1.26. The van der Waals surface area contributed by atoms with Crippen LogP contribution in [0.3, 0.4) is 0 Å². The fourth-order valence-electron chi connectivity index (χ4n) is 1.90. The fourth-order valence-corrected chi connectivity index (χ4v) is 2.44. The van der Waals surface area contributed by atoms with E-state index in [0.717, 1.165) is 18.4 Å². The molecule has 2 nitrogen and oxygen atoms in total. The molecule has 0 heterocycles. The van der Waals surface area contributed by atoms with Crippen LogP contribution in [-0.2, 0) is 6.42 Å². The van der Waals surface area contributed by atoms with Crippen molar-refractivity contribution in [2.75, 3.05) is 4.43 Å². The van der Waals surface area contributed by atoms with Crippen LogP contribution in [0, 0.1) is 0 Å². The Morgan fingerprint density at radius 2 is 1.53 bits per heavy atom. The highest BCUT2D eigenvalue weighted by Crippen LogP contribution is 2.29. The average Bonchev–Trinajstić information content (AvgIpc) is 2.33. The first-order valence-electron chi connectivity index (χ1n) is 6.31. The van der Waals surface area contributed by atoms with Gasteiger partial charge in [-0.25, -0.2) is 0 Å². The van der Waals surface area contributed by atoms with Crippen LogP contribution in [0.25, 0.3) is 0 Å². The molecule has 0 amide bonds. The molecule has 0 bridgehead atoms. The Morgan fingerprint density at radius 3 is 2.24 bits per heavy atom. The number of hydrogen-bond donors (Lipinski definition) is 2. The summed E-state index contributed by atoms with van der Waals surface area (Å²) in [6.07, 6.45) is 8.39. The second kappa shape index (κ2) is 8.61. The Bertz CT molecular complexity index is 326. The molecule has 1 rings (SSSR count). The lowest BCUT2D eigenvalue weighted by Crippen LogP contribution is -1.87. The molecule has 0 fully saturated rings. The van der Waals surface area contributed by atoms with Gasteiger partial charge in [0.15, 0.2) is 11.5 Å². The number of unbranched alkanes of at least 4 members (excludes halogenated alkanes) is 5. The highest BCUT2D eigenvalue weighted by atomic mass is 127. The van der Waals surface area contributed by atoms with Crippen molar-refractivity contribution in [3.8, 4) is 11.5 Å². The van der Waals surface area contributed by atoms with Gasteiger partial charge in [0.2, 0.25) is 0 Å². The van der Waals surface area contributed by atoms with Crippen molar-refractivity contribution in [2.24, 2.45) is 0 Å². The number of rotatable bonds is 8. The maximum atomic E-state index is 9.62. The topological polar surface area (TPSA) is 40.5 Å². The van der Waals surface area contributed by atoms with E-state index in [9.17, 15) is 10.2 Å². The third-order valence-electron chi connectivity index (χ3n) is 2.93. The van der Waals surface area contributed by atoms with Crippen LogP contribution in [0.4, 0.5) is 0 Å². The molecule has 1 aromatic rings. The molecule has 0 radical (unpaired) electrons. The van der Waals surface area contributed by atoms with Gasteiger partial charge in [-0.2, -0.15) is 0 Å². The van der Waals surface area contributed by atoms with Gasteiger partial charge in [-0.05, 0) is 35.3 Å². The summed E-state index contributed by atoms with van der Waals surface area (Å²) in [6, 6.07) is 5.18. The minimum atomic E-state index is -0.00968. The molecule has 2 N–H and O–H groups in total. The Labute approximate surface area is 117 Å². The predicted octanol–water partition coefficient (Wildman–Crippen LogP) is 4.42. The van der Waals surface area contributed by atoms with E-state index in [4.69, 9.17) is 0 Å². The largest absolute Gasteiger partial charge is 0.504 e. The van der Waals surface area contributed by atoms with E-state index in [1.54, 1.807) is 6.07 Å². The molecule has 0 spiro atoms. The normalized spacial score (nSPS) is 10.6. The quantitative estimate of drug-likeness (QED) is 0.316. The molecule has 3 heteroatoms. The first kappa shape index (κ1) is 14.6. The van der Waals surface area contributed by atoms with Gasteiger partial charge in [0.25, 0.3) is 0 Å². The lowest BCUT2D eigenvalue weighted by atomic mass is 10.0. The number of para-hydroxylation sites is 1. The third-order valence-corrected chi connectivity index (χ3v) is 3.69.